The molecule has 0 aliphatic rings. The van der Waals surface area contributed by atoms with Gasteiger partial charge in [0.1, 0.15) is 5.75 Å². The first-order valence-electron chi connectivity index (χ1n) is 5.74. The van der Waals surface area contributed by atoms with Crippen LogP contribution in [0.25, 0.3) is 0 Å². The van der Waals surface area contributed by atoms with Gasteiger partial charge in [0, 0.05) is 0 Å². The Kier molecular flexibility index (Phi) is 5.17. The number of carbonyl (C=O) groups is 2. The number of ether oxygens (including phenoxy) is 3. The average Bonchev–Trinajstić information content (AvgIpc) is 2.36. The van der Waals surface area contributed by atoms with Crippen molar-refractivity contribution < 1.29 is 23.8 Å². The van der Waals surface area contributed by atoms with Crippen molar-refractivity contribution in [3.8, 4) is 5.75 Å². The number of benzene rings is 1. The van der Waals surface area contributed by atoms with Gasteiger partial charge in [-0.1, -0.05) is 0 Å². The van der Waals surface area contributed by atoms with E-state index >= 15 is 0 Å². The van der Waals surface area contributed by atoms with Crippen LogP contribution in [0.15, 0.2) is 18.2 Å². The monoisotopic (exact) mass is 267 g/mol. The topological polar surface area (TPSA) is 87.9 Å². The Balaban J connectivity index is 2.72. The van der Waals surface area contributed by atoms with Gasteiger partial charge in [-0.25, -0.2) is 9.59 Å². The fraction of sp³-hybridized carbons (Fsp3) is 0.385. The van der Waals surface area contributed by atoms with Gasteiger partial charge >= 0.3 is 11.9 Å². The zero-order valence-corrected chi connectivity index (χ0v) is 11.1. The van der Waals surface area contributed by atoms with E-state index in [0.717, 1.165) is 0 Å². The summed E-state index contributed by atoms with van der Waals surface area (Å²) in [6, 6.07) is 4.44. The molecule has 0 saturated heterocycles. The van der Waals surface area contributed by atoms with Crippen molar-refractivity contribution in [1.82, 2.24) is 0 Å². The summed E-state index contributed by atoms with van der Waals surface area (Å²) in [4.78, 5) is 22.7. The standard InChI is InChI=1S/C13H17NO5/c1-8(2)19-12(15)7-18-11-6-9(13(16)17-3)4-5-10(11)14/h4-6,8H,7,14H2,1-3H3. The third kappa shape index (κ3) is 4.50. The number of hydrogen-bond donors (Lipinski definition) is 1. The van der Waals surface area contributed by atoms with Crippen LogP contribution in [-0.2, 0) is 14.3 Å². The molecule has 104 valence electrons. The Labute approximate surface area is 111 Å². The Bertz CT molecular complexity index is 470. The molecule has 0 heterocycles. The first-order chi connectivity index (χ1) is 8.93. The third-order valence-corrected chi connectivity index (χ3v) is 2.15. The lowest BCUT2D eigenvalue weighted by atomic mass is 10.2. The largest absolute Gasteiger partial charge is 0.480 e. The van der Waals surface area contributed by atoms with E-state index < -0.39 is 11.9 Å². The van der Waals surface area contributed by atoms with Crippen LogP contribution < -0.4 is 10.5 Å². The lowest BCUT2D eigenvalue weighted by Gasteiger charge is -2.11. The third-order valence-electron chi connectivity index (χ3n) is 2.15. The van der Waals surface area contributed by atoms with Gasteiger partial charge in [-0.05, 0) is 32.0 Å². The molecule has 2 N–H and O–H groups in total. The van der Waals surface area contributed by atoms with Gasteiger partial charge in [-0.2, -0.15) is 0 Å². The predicted molar refractivity (Wildman–Crippen MR) is 68.9 cm³/mol. The maximum atomic E-state index is 11.4. The van der Waals surface area contributed by atoms with Crippen molar-refractivity contribution in [2.24, 2.45) is 0 Å². The summed E-state index contributed by atoms with van der Waals surface area (Å²) in [5, 5.41) is 0. The number of methoxy groups -OCH3 is 1. The molecule has 6 heteroatoms. The van der Waals surface area contributed by atoms with Gasteiger partial charge < -0.3 is 19.9 Å². The fourth-order valence-corrected chi connectivity index (χ4v) is 1.34. The zero-order chi connectivity index (χ0) is 14.4. The van der Waals surface area contributed by atoms with Crippen molar-refractivity contribution in [3.05, 3.63) is 23.8 Å². The number of anilines is 1. The second-order valence-electron chi connectivity index (χ2n) is 4.07. The normalized spacial score (nSPS) is 10.1. The number of carbonyl (C=O) groups excluding carboxylic acids is 2. The molecule has 0 atom stereocenters. The van der Waals surface area contributed by atoms with Crippen LogP contribution in [0.5, 0.6) is 5.75 Å². The van der Waals surface area contributed by atoms with Crippen LogP contribution in [-0.4, -0.2) is 31.8 Å². The number of esters is 2. The van der Waals surface area contributed by atoms with Crippen LogP contribution >= 0.6 is 0 Å². The molecule has 0 unspecified atom stereocenters. The highest BCUT2D eigenvalue weighted by atomic mass is 16.6. The Hall–Kier alpha value is -2.24. The van der Waals surface area contributed by atoms with Crippen LogP contribution in [0.3, 0.4) is 0 Å². The molecule has 6 nitrogen and oxygen atoms in total. The molecule has 0 spiro atoms. The molecule has 19 heavy (non-hydrogen) atoms. The summed E-state index contributed by atoms with van der Waals surface area (Å²) in [6.45, 7) is 3.21. The summed E-state index contributed by atoms with van der Waals surface area (Å²) in [6.07, 6.45) is -0.213. The summed E-state index contributed by atoms with van der Waals surface area (Å²) < 4.78 is 14.7. The maximum absolute atomic E-state index is 11.4. The summed E-state index contributed by atoms with van der Waals surface area (Å²) in [7, 11) is 1.28. The molecule has 0 fully saturated rings. The first-order valence-corrected chi connectivity index (χ1v) is 5.74. The summed E-state index contributed by atoms with van der Waals surface area (Å²) >= 11 is 0. The van der Waals surface area contributed by atoms with E-state index in [2.05, 4.69) is 4.74 Å². The van der Waals surface area contributed by atoms with Gasteiger partial charge in [-0.15, -0.1) is 0 Å². The van der Waals surface area contributed by atoms with Gasteiger partial charge in [0.2, 0.25) is 0 Å². The molecule has 0 aromatic heterocycles. The van der Waals surface area contributed by atoms with E-state index in [4.69, 9.17) is 15.2 Å². The first kappa shape index (κ1) is 14.8. The highest BCUT2D eigenvalue weighted by molar-refractivity contribution is 5.90. The minimum Gasteiger partial charge on any atom is -0.480 e. The molecule has 1 aromatic rings. The van der Waals surface area contributed by atoms with E-state index in [1.165, 1.54) is 25.3 Å². The summed E-state index contributed by atoms with van der Waals surface area (Å²) in [5.41, 5.74) is 6.31. The van der Waals surface area contributed by atoms with E-state index in [9.17, 15) is 9.59 Å². The molecule has 1 rings (SSSR count). The molecular formula is C13H17NO5. The lowest BCUT2D eigenvalue weighted by Crippen LogP contribution is -2.19. The predicted octanol–water partition coefficient (Wildman–Crippen LogP) is 1.39. The highest BCUT2D eigenvalue weighted by Gasteiger charge is 2.12. The Morgan fingerprint density at radius 3 is 2.58 bits per heavy atom. The molecule has 0 bridgehead atoms. The Morgan fingerprint density at radius 2 is 2.00 bits per heavy atom. The number of nitrogens with two attached hydrogens (primary N) is 1. The SMILES string of the molecule is COC(=O)c1ccc(N)c(OCC(=O)OC(C)C)c1. The smallest absolute Gasteiger partial charge is 0.344 e. The van der Waals surface area contributed by atoms with Crippen molar-refractivity contribution in [2.75, 3.05) is 19.5 Å². The number of nitrogen functional groups attached to an aromatic ring is 1. The second-order valence-corrected chi connectivity index (χ2v) is 4.07. The van der Waals surface area contributed by atoms with Crippen LogP contribution in [0.1, 0.15) is 24.2 Å². The Morgan fingerprint density at radius 1 is 1.32 bits per heavy atom. The quantitative estimate of drug-likeness (QED) is 0.640. The van der Waals surface area contributed by atoms with Gasteiger partial charge in [0.25, 0.3) is 0 Å². The van der Waals surface area contributed by atoms with Crippen molar-refractivity contribution in [3.63, 3.8) is 0 Å². The molecule has 0 aliphatic heterocycles. The molecule has 0 saturated carbocycles. The van der Waals surface area contributed by atoms with Crippen LogP contribution in [0.4, 0.5) is 5.69 Å². The number of rotatable bonds is 5. The second kappa shape index (κ2) is 6.63. The zero-order valence-electron chi connectivity index (χ0n) is 11.1. The number of hydrogen-bond acceptors (Lipinski definition) is 6. The summed E-state index contributed by atoms with van der Waals surface area (Å²) in [5.74, 6) is -0.768. The fourth-order valence-electron chi connectivity index (χ4n) is 1.34. The maximum Gasteiger partial charge on any atom is 0.344 e. The van der Waals surface area contributed by atoms with Crippen LogP contribution in [0, 0.1) is 0 Å². The van der Waals surface area contributed by atoms with Crippen molar-refractivity contribution in [1.29, 1.82) is 0 Å². The van der Waals surface area contributed by atoms with Gasteiger partial charge in [-0.3, -0.25) is 0 Å². The highest BCUT2D eigenvalue weighted by Crippen LogP contribution is 2.23. The lowest BCUT2D eigenvalue weighted by molar-refractivity contribution is -0.149. The molecular weight excluding hydrogens is 250 g/mol. The minimum atomic E-state index is -0.505. The molecule has 0 radical (unpaired) electrons. The molecule has 0 amide bonds. The van der Waals surface area contributed by atoms with E-state index in [0.29, 0.717) is 11.3 Å². The van der Waals surface area contributed by atoms with Crippen molar-refractivity contribution >= 4 is 17.6 Å². The van der Waals surface area contributed by atoms with Crippen molar-refractivity contribution in [2.45, 2.75) is 20.0 Å². The van der Waals surface area contributed by atoms with Gasteiger partial charge in [0.15, 0.2) is 6.61 Å². The minimum absolute atomic E-state index is 0.213. The van der Waals surface area contributed by atoms with Gasteiger partial charge in [0.05, 0.1) is 24.5 Å². The van der Waals surface area contributed by atoms with E-state index in [1.807, 2.05) is 0 Å². The average molecular weight is 267 g/mol. The van der Waals surface area contributed by atoms with E-state index in [-0.39, 0.29) is 18.5 Å². The van der Waals surface area contributed by atoms with E-state index in [1.54, 1.807) is 13.8 Å². The van der Waals surface area contributed by atoms with Crippen LogP contribution in [0.2, 0.25) is 0 Å². The molecule has 0 aliphatic carbocycles. The molecule has 1 aromatic carbocycles.